The number of rotatable bonds is 3. The molecule has 0 spiro atoms. The van der Waals surface area contributed by atoms with E-state index in [1.807, 2.05) is 6.92 Å². The molecule has 2 aliphatic rings. The lowest BCUT2D eigenvalue weighted by Crippen LogP contribution is -2.41. The molecule has 3 nitrogen and oxygen atoms in total. The molecule has 0 aromatic heterocycles. The van der Waals surface area contributed by atoms with Crippen LogP contribution < -0.4 is 5.32 Å². The van der Waals surface area contributed by atoms with Crippen LogP contribution in [-0.2, 0) is 9.53 Å². The van der Waals surface area contributed by atoms with Gasteiger partial charge >= 0.3 is 0 Å². The van der Waals surface area contributed by atoms with Gasteiger partial charge in [-0.25, -0.2) is 0 Å². The minimum absolute atomic E-state index is 0.184. The average Bonchev–Trinajstić information content (AvgIpc) is 2.65. The molecule has 1 N–H and O–H groups in total. The zero-order valence-electron chi connectivity index (χ0n) is 8.08. The maximum Gasteiger partial charge on any atom is 0.220 e. The second-order valence-corrected chi connectivity index (χ2v) is 4.03. The van der Waals surface area contributed by atoms with Crippen LogP contribution in [0.2, 0.25) is 0 Å². The molecule has 0 radical (unpaired) electrons. The number of nitrogens with one attached hydrogen (secondary N) is 1. The first-order valence-corrected chi connectivity index (χ1v) is 5.24. The van der Waals surface area contributed by atoms with Gasteiger partial charge in [0.1, 0.15) is 0 Å². The fourth-order valence-corrected chi connectivity index (χ4v) is 2.30. The first kappa shape index (κ1) is 9.00. The Labute approximate surface area is 78.8 Å². The molecule has 0 saturated carbocycles. The number of hydrogen-bond donors (Lipinski definition) is 1. The second kappa shape index (κ2) is 3.66. The zero-order valence-corrected chi connectivity index (χ0v) is 8.08. The lowest BCUT2D eigenvalue weighted by molar-refractivity contribution is -0.122. The van der Waals surface area contributed by atoms with Gasteiger partial charge in [-0.1, -0.05) is 6.92 Å². The van der Waals surface area contributed by atoms with Crippen LogP contribution in [0.4, 0.5) is 0 Å². The molecule has 2 fully saturated rings. The van der Waals surface area contributed by atoms with Crippen molar-refractivity contribution in [2.24, 2.45) is 0 Å². The lowest BCUT2D eigenvalue weighted by Gasteiger charge is -2.19. The van der Waals surface area contributed by atoms with E-state index in [0.29, 0.717) is 24.7 Å². The molecule has 2 heterocycles. The predicted molar refractivity (Wildman–Crippen MR) is 49.4 cm³/mol. The van der Waals surface area contributed by atoms with Crippen LogP contribution in [0.3, 0.4) is 0 Å². The molecule has 3 heteroatoms. The molecule has 74 valence electrons. The maximum absolute atomic E-state index is 11.3. The summed E-state index contributed by atoms with van der Waals surface area (Å²) in [5.74, 6) is 0.184. The number of fused-ring (bicyclic) bond motifs is 2. The van der Waals surface area contributed by atoms with E-state index in [2.05, 4.69) is 5.32 Å². The lowest BCUT2D eigenvalue weighted by atomic mass is 9.95. The standard InChI is InChI=1S/C10H17NO2/c1-2-3-10(12)11-8-6-7-4-5-9(8)13-7/h7-9H,2-6H2,1H3,(H,11,12). The van der Waals surface area contributed by atoms with Crippen molar-refractivity contribution >= 4 is 5.91 Å². The number of carbonyl (C=O) groups excluding carboxylic acids is 1. The molecule has 0 aliphatic carbocycles. The van der Waals surface area contributed by atoms with Crippen molar-refractivity contribution in [2.45, 2.75) is 57.3 Å². The van der Waals surface area contributed by atoms with E-state index in [1.54, 1.807) is 0 Å². The van der Waals surface area contributed by atoms with Gasteiger partial charge in [-0.05, 0) is 25.7 Å². The van der Waals surface area contributed by atoms with Gasteiger partial charge in [0.25, 0.3) is 0 Å². The minimum Gasteiger partial charge on any atom is -0.373 e. The van der Waals surface area contributed by atoms with Crippen LogP contribution in [0, 0.1) is 0 Å². The monoisotopic (exact) mass is 183 g/mol. The van der Waals surface area contributed by atoms with Gasteiger partial charge in [-0.3, -0.25) is 4.79 Å². The fourth-order valence-electron chi connectivity index (χ4n) is 2.30. The Morgan fingerprint density at radius 2 is 2.38 bits per heavy atom. The van der Waals surface area contributed by atoms with Crippen molar-refractivity contribution < 1.29 is 9.53 Å². The SMILES string of the molecule is CCCC(=O)NC1CC2CCC1O2. The van der Waals surface area contributed by atoms with Gasteiger partial charge in [-0.2, -0.15) is 0 Å². The normalized spacial score (nSPS) is 36.5. The molecule has 1 amide bonds. The Kier molecular flexibility index (Phi) is 2.54. The summed E-state index contributed by atoms with van der Waals surface area (Å²) >= 11 is 0. The van der Waals surface area contributed by atoms with Crippen molar-refractivity contribution in [3.05, 3.63) is 0 Å². The number of carbonyl (C=O) groups is 1. The molecule has 0 aromatic rings. The summed E-state index contributed by atoms with van der Waals surface area (Å²) < 4.78 is 5.65. The first-order chi connectivity index (χ1) is 6.29. The molecule has 3 unspecified atom stereocenters. The van der Waals surface area contributed by atoms with E-state index in [0.717, 1.165) is 19.3 Å². The summed E-state index contributed by atoms with van der Waals surface area (Å²) in [6, 6.07) is 0.304. The zero-order chi connectivity index (χ0) is 9.26. The van der Waals surface area contributed by atoms with E-state index in [1.165, 1.54) is 6.42 Å². The van der Waals surface area contributed by atoms with E-state index >= 15 is 0 Å². The van der Waals surface area contributed by atoms with Crippen molar-refractivity contribution in [3.63, 3.8) is 0 Å². The van der Waals surface area contributed by atoms with Crippen molar-refractivity contribution in [1.29, 1.82) is 0 Å². The molecule has 2 saturated heterocycles. The van der Waals surface area contributed by atoms with Crippen LogP contribution in [0.1, 0.15) is 39.0 Å². The number of hydrogen-bond acceptors (Lipinski definition) is 2. The molecule has 13 heavy (non-hydrogen) atoms. The van der Waals surface area contributed by atoms with E-state index in [4.69, 9.17) is 4.74 Å². The first-order valence-electron chi connectivity index (χ1n) is 5.24. The van der Waals surface area contributed by atoms with Crippen molar-refractivity contribution in [2.75, 3.05) is 0 Å². The molecular weight excluding hydrogens is 166 g/mol. The third-order valence-corrected chi connectivity index (χ3v) is 2.93. The maximum atomic E-state index is 11.3. The number of ether oxygens (including phenoxy) is 1. The van der Waals surface area contributed by atoms with E-state index in [9.17, 15) is 4.79 Å². The molecule has 2 rings (SSSR count). The Morgan fingerprint density at radius 3 is 2.92 bits per heavy atom. The fraction of sp³-hybridized carbons (Fsp3) is 0.900. The van der Waals surface area contributed by atoms with Gasteiger partial charge in [0, 0.05) is 6.42 Å². The van der Waals surface area contributed by atoms with Crippen LogP contribution in [0.25, 0.3) is 0 Å². The molecule has 3 atom stereocenters. The van der Waals surface area contributed by atoms with Gasteiger partial charge in [0.05, 0.1) is 18.2 Å². The van der Waals surface area contributed by atoms with E-state index < -0.39 is 0 Å². The summed E-state index contributed by atoms with van der Waals surface area (Å²) in [6.07, 6.45) is 5.65. The topological polar surface area (TPSA) is 38.3 Å². The second-order valence-electron chi connectivity index (χ2n) is 4.03. The Morgan fingerprint density at radius 1 is 1.54 bits per heavy atom. The summed E-state index contributed by atoms with van der Waals surface area (Å²) in [4.78, 5) is 11.3. The molecule has 2 bridgehead atoms. The van der Waals surface area contributed by atoms with Crippen molar-refractivity contribution in [3.8, 4) is 0 Å². The highest BCUT2D eigenvalue weighted by atomic mass is 16.5. The van der Waals surface area contributed by atoms with E-state index in [-0.39, 0.29) is 5.91 Å². The Bertz CT molecular complexity index is 205. The third kappa shape index (κ3) is 1.85. The van der Waals surface area contributed by atoms with Crippen molar-refractivity contribution in [1.82, 2.24) is 5.32 Å². The third-order valence-electron chi connectivity index (χ3n) is 2.93. The van der Waals surface area contributed by atoms with Crippen LogP contribution in [0.5, 0.6) is 0 Å². The van der Waals surface area contributed by atoms with Gasteiger partial charge < -0.3 is 10.1 Å². The smallest absolute Gasteiger partial charge is 0.220 e. The average molecular weight is 183 g/mol. The van der Waals surface area contributed by atoms with Crippen LogP contribution in [-0.4, -0.2) is 24.2 Å². The van der Waals surface area contributed by atoms with Gasteiger partial charge in [-0.15, -0.1) is 0 Å². The van der Waals surface area contributed by atoms with Gasteiger partial charge in [0.2, 0.25) is 5.91 Å². The Hall–Kier alpha value is -0.570. The van der Waals surface area contributed by atoms with Gasteiger partial charge in [0.15, 0.2) is 0 Å². The highest BCUT2D eigenvalue weighted by molar-refractivity contribution is 5.76. The quantitative estimate of drug-likeness (QED) is 0.714. The van der Waals surface area contributed by atoms with Crippen LogP contribution >= 0.6 is 0 Å². The largest absolute Gasteiger partial charge is 0.373 e. The summed E-state index contributed by atoms with van der Waals surface area (Å²) in [5, 5.41) is 3.05. The highest BCUT2D eigenvalue weighted by Crippen LogP contribution is 2.34. The summed E-state index contributed by atoms with van der Waals surface area (Å²) in [5.41, 5.74) is 0. The summed E-state index contributed by atoms with van der Waals surface area (Å²) in [6.45, 7) is 2.02. The molecule has 2 aliphatic heterocycles. The Balaban J connectivity index is 1.79. The van der Waals surface area contributed by atoms with Crippen LogP contribution in [0.15, 0.2) is 0 Å². The summed E-state index contributed by atoms with van der Waals surface area (Å²) in [7, 11) is 0. The number of amides is 1. The molecular formula is C10H17NO2. The minimum atomic E-state index is 0.184. The highest BCUT2D eigenvalue weighted by Gasteiger charge is 2.41. The predicted octanol–water partition coefficient (Wildman–Crippen LogP) is 1.22. The molecule has 0 aromatic carbocycles.